The number of amides is 2. The molecule has 0 saturated carbocycles. The summed E-state index contributed by atoms with van der Waals surface area (Å²) >= 11 is 5.88. The highest BCUT2D eigenvalue weighted by molar-refractivity contribution is 6.30. The monoisotopic (exact) mass is 393 g/mol. The number of rotatable bonds is 3. The number of nitrogens with zero attached hydrogens (tertiary/aromatic N) is 4. The third kappa shape index (κ3) is 4.23. The summed E-state index contributed by atoms with van der Waals surface area (Å²) in [5.41, 5.74) is 2.63. The third-order valence-corrected chi connectivity index (χ3v) is 4.96. The molecule has 1 aliphatic heterocycles. The fraction of sp³-hybridized carbons (Fsp3) is 0.190. The Balaban J connectivity index is 1.33. The second-order valence-electron chi connectivity index (χ2n) is 6.55. The summed E-state index contributed by atoms with van der Waals surface area (Å²) in [6.07, 6.45) is 0. The van der Waals surface area contributed by atoms with Crippen LogP contribution in [0.15, 0.2) is 66.7 Å². The molecule has 2 aromatic carbocycles. The lowest BCUT2D eigenvalue weighted by atomic mass is 10.1. The highest BCUT2D eigenvalue weighted by atomic mass is 35.5. The first kappa shape index (κ1) is 18.3. The molecule has 0 aliphatic carbocycles. The number of carbonyl (C=O) groups excluding carboxylic acids is 1. The van der Waals surface area contributed by atoms with Crippen LogP contribution in [0.25, 0.3) is 11.3 Å². The summed E-state index contributed by atoms with van der Waals surface area (Å²) in [4.78, 5) is 16.4. The number of aromatic nitrogens is 2. The van der Waals surface area contributed by atoms with E-state index in [2.05, 4.69) is 20.4 Å². The molecule has 6 nitrogen and oxygen atoms in total. The van der Waals surface area contributed by atoms with Crippen LogP contribution >= 0.6 is 11.6 Å². The molecule has 7 heteroatoms. The van der Waals surface area contributed by atoms with Gasteiger partial charge in [0.2, 0.25) is 0 Å². The van der Waals surface area contributed by atoms with Gasteiger partial charge < -0.3 is 15.1 Å². The zero-order valence-corrected chi connectivity index (χ0v) is 16.0. The molecule has 1 saturated heterocycles. The summed E-state index contributed by atoms with van der Waals surface area (Å²) in [6, 6.07) is 20.9. The molecular formula is C21H20ClN5O. The molecule has 0 bridgehead atoms. The van der Waals surface area contributed by atoms with Crippen LogP contribution in [0.3, 0.4) is 0 Å². The van der Waals surface area contributed by atoms with Crippen molar-refractivity contribution in [1.82, 2.24) is 15.1 Å². The molecule has 4 rings (SSSR count). The first-order chi connectivity index (χ1) is 13.7. The number of benzene rings is 2. The van der Waals surface area contributed by atoms with Crippen LogP contribution in [-0.4, -0.2) is 47.3 Å². The second-order valence-corrected chi connectivity index (χ2v) is 6.99. The van der Waals surface area contributed by atoms with Crippen LogP contribution in [0.1, 0.15) is 0 Å². The Labute approximate surface area is 168 Å². The second kappa shape index (κ2) is 8.27. The van der Waals surface area contributed by atoms with Gasteiger partial charge in [0.25, 0.3) is 0 Å². The Kier molecular flexibility index (Phi) is 5.39. The molecule has 0 atom stereocenters. The van der Waals surface area contributed by atoms with E-state index in [0.717, 1.165) is 22.8 Å². The Morgan fingerprint density at radius 2 is 1.57 bits per heavy atom. The predicted molar refractivity (Wildman–Crippen MR) is 112 cm³/mol. The smallest absolute Gasteiger partial charge is 0.321 e. The standard InChI is InChI=1S/C21H20ClN5O/c22-17-6-8-18(9-7-17)23-21(28)27-14-12-26(13-15-27)20-11-10-19(24-25-20)16-4-2-1-3-5-16/h1-11H,12-15H2,(H,23,28). The van der Waals surface area contributed by atoms with Crippen molar-refractivity contribution < 1.29 is 4.79 Å². The average Bonchev–Trinajstić information content (AvgIpc) is 2.76. The van der Waals surface area contributed by atoms with Crippen LogP contribution < -0.4 is 10.2 Å². The van der Waals surface area contributed by atoms with E-state index in [1.54, 1.807) is 29.2 Å². The van der Waals surface area contributed by atoms with Gasteiger partial charge >= 0.3 is 6.03 Å². The summed E-state index contributed by atoms with van der Waals surface area (Å²) in [5.74, 6) is 0.831. The fourth-order valence-electron chi connectivity index (χ4n) is 3.13. The molecule has 142 valence electrons. The Morgan fingerprint density at radius 1 is 0.857 bits per heavy atom. The van der Waals surface area contributed by atoms with Crippen LogP contribution in [0.4, 0.5) is 16.3 Å². The van der Waals surface area contributed by atoms with E-state index in [4.69, 9.17) is 11.6 Å². The predicted octanol–water partition coefficient (Wildman–Crippen LogP) is 4.15. The topological polar surface area (TPSA) is 61.4 Å². The lowest BCUT2D eigenvalue weighted by Gasteiger charge is -2.35. The van der Waals surface area contributed by atoms with E-state index < -0.39 is 0 Å². The number of anilines is 2. The zero-order valence-electron chi connectivity index (χ0n) is 15.3. The van der Waals surface area contributed by atoms with Crippen LogP contribution in [0, 0.1) is 0 Å². The molecule has 28 heavy (non-hydrogen) atoms. The molecule has 0 spiro atoms. The minimum absolute atomic E-state index is 0.104. The number of urea groups is 1. The highest BCUT2D eigenvalue weighted by Gasteiger charge is 2.22. The van der Waals surface area contributed by atoms with E-state index in [9.17, 15) is 4.79 Å². The molecule has 2 heterocycles. The SMILES string of the molecule is O=C(Nc1ccc(Cl)cc1)N1CCN(c2ccc(-c3ccccc3)nn2)CC1. The number of carbonyl (C=O) groups is 1. The van der Waals surface area contributed by atoms with Gasteiger partial charge in [-0.3, -0.25) is 0 Å². The quantitative estimate of drug-likeness (QED) is 0.726. The van der Waals surface area contributed by atoms with E-state index in [0.29, 0.717) is 31.2 Å². The number of piperazine rings is 1. The van der Waals surface area contributed by atoms with Crippen molar-refractivity contribution in [2.45, 2.75) is 0 Å². The third-order valence-electron chi connectivity index (χ3n) is 4.71. The van der Waals surface area contributed by atoms with Crippen molar-refractivity contribution in [2.75, 3.05) is 36.4 Å². The van der Waals surface area contributed by atoms with Crippen molar-refractivity contribution >= 4 is 29.1 Å². The van der Waals surface area contributed by atoms with Gasteiger partial charge in [0.15, 0.2) is 5.82 Å². The maximum atomic E-state index is 12.4. The van der Waals surface area contributed by atoms with Crippen LogP contribution in [-0.2, 0) is 0 Å². The van der Waals surface area contributed by atoms with Crippen LogP contribution in [0.2, 0.25) is 5.02 Å². The fourth-order valence-corrected chi connectivity index (χ4v) is 3.26. The van der Waals surface area contributed by atoms with Crippen molar-refractivity contribution in [1.29, 1.82) is 0 Å². The molecule has 1 aromatic heterocycles. The van der Waals surface area contributed by atoms with Gasteiger partial charge in [-0.1, -0.05) is 41.9 Å². The molecule has 3 aromatic rings. The minimum Gasteiger partial charge on any atom is -0.352 e. The number of nitrogens with one attached hydrogen (secondary N) is 1. The van der Waals surface area contributed by atoms with Crippen LogP contribution in [0.5, 0.6) is 0 Å². The number of halogens is 1. The molecule has 0 unspecified atom stereocenters. The maximum Gasteiger partial charge on any atom is 0.321 e. The van der Waals surface area contributed by atoms with Gasteiger partial charge in [-0.25, -0.2) is 4.79 Å². The Morgan fingerprint density at radius 3 is 2.21 bits per heavy atom. The molecule has 1 aliphatic rings. The van der Waals surface area contributed by atoms with Gasteiger partial charge in [0, 0.05) is 42.5 Å². The lowest BCUT2D eigenvalue weighted by Crippen LogP contribution is -2.50. The maximum absolute atomic E-state index is 12.4. The first-order valence-electron chi connectivity index (χ1n) is 9.15. The molecule has 1 fully saturated rings. The van der Waals surface area contributed by atoms with Gasteiger partial charge in [-0.05, 0) is 36.4 Å². The van der Waals surface area contributed by atoms with E-state index in [1.807, 2.05) is 42.5 Å². The molecule has 2 amide bonds. The Bertz CT molecular complexity index is 923. The lowest BCUT2D eigenvalue weighted by molar-refractivity contribution is 0.208. The van der Waals surface area contributed by atoms with Crippen molar-refractivity contribution in [3.63, 3.8) is 0 Å². The van der Waals surface area contributed by atoms with Gasteiger partial charge in [0.05, 0.1) is 5.69 Å². The molecular weight excluding hydrogens is 374 g/mol. The van der Waals surface area contributed by atoms with Gasteiger partial charge in [-0.2, -0.15) is 0 Å². The number of hydrogen-bond donors (Lipinski definition) is 1. The van der Waals surface area contributed by atoms with Gasteiger partial charge in [-0.15, -0.1) is 10.2 Å². The normalized spacial score (nSPS) is 14.0. The largest absolute Gasteiger partial charge is 0.352 e. The van der Waals surface area contributed by atoms with Gasteiger partial charge in [0.1, 0.15) is 0 Å². The van der Waals surface area contributed by atoms with Crippen molar-refractivity contribution in [3.05, 3.63) is 71.8 Å². The summed E-state index contributed by atoms with van der Waals surface area (Å²) in [5, 5.41) is 12.3. The van der Waals surface area contributed by atoms with E-state index >= 15 is 0 Å². The molecule has 1 N–H and O–H groups in total. The van der Waals surface area contributed by atoms with Crippen molar-refractivity contribution in [3.8, 4) is 11.3 Å². The minimum atomic E-state index is -0.104. The molecule has 0 radical (unpaired) electrons. The van der Waals surface area contributed by atoms with E-state index in [-0.39, 0.29) is 6.03 Å². The highest BCUT2D eigenvalue weighted by Crippen LogP contribution is 2.19. The average molecular weight is 394 g/mol. The summed E-state index contributed by atoms with van der Waals surface area (Å²) < 4.78 is 0. The Hall–Kier alpha value is -3.12. The summed E-state index contributed by atoms with van der Waals surface area (Å²) in [7, 11) is 0. The first-order valence-corrected chi connectivity index (χ1v) is 9.52. The zero-order chi connectivity index (χ0) is 19.3. The number of hydrogen-bond acceptors (Lipinski definition) is 4. The summed E-state index contributed by atoms with van der Waals surface area (Å²) in [6.45, 7) is 2.68. The van der Waals surface area contributed by atoms with E-state index in [1.165, 1.54) is 0 Å². The van der Waals surface area contributed by atoms with Crippen molar-refractivity contribution in [2.24, 2.45) is 0 Å².